The molecule has 4 fully saturated rings. The van der Waals surface area contributed by atoms with Crippen LogP contribution in [0.5, 0.6) is 0 Å². The van der Waals surface area contributed by atoms with Crippen LogP contribution in [0.1, 0.15) is 43.6 Å². The predicted octanol–water partition coefficient (Wildman–Crippen LogP) is 1.43. The molecule has 1 aromatic heterocycles. The van der Waals surface area contributed by atoms with E-state index in [1.807, 2.05) is 22.8 Å². The van der Waals surface area contributed by atoms with Crippen LogP contribution in [0, 0.1) is 18.8 Å². The van der Waals surface area contributed by atoms with Gasteiger partial charge in [0, 0.05) is 57.2 Å². The molecule has 0 saturated carbocycles. The topological polar surface area (TPSA) is 79.1 Å². The van der Waals surface area contributed by atoms with Gasteiger partial charge in [-0.2, -0.15) is 0 Å². The van der Waals surface area contributed by atoms with Crippen LogP contribution in [0.2, 0.25) is 0 Å². The molecule has 4 aliphatic heterocycles. The number of aryl methyl sites for hydroxylation is 1. The van der Waals surface area contributed by atoms with Crippen LogP contribution < -0.4 is 0 Å². The second-order valence-corrected chi connectivity index (χ2v) is 9.38. The number of carbonyl (C=O) groups excluding carboxylic acids is 2. The van der Waals surface area contributed by atoms with Crippen molar-refractivity contribution in [1.82, 2.24) is 19.9 Å². The molecule has 1 aromatic rings. The van der Waals surface area contributed by atoms with Crippen LogP contribution in [-0.4, -0.2) is 83.1 Å². The highest BCUT2D eigenvalue weighted by Gasteiger charge is 2.52. The Morgan fingerprint density at radius 2 is 2.07 bits per heavy atom. The van der Waals surface area contributed by atoms with E-state index in [1.165, 1.54) is 0 Å². The first-order chi connectivity index (χ1) is 14.6. The number of carbonyl (C=O) groups is 2. The lowest BCUT2D eigenvalue weighted by Crippen LogP contribution is -2.68. The van der Waals surface area contributed by atoms with E-state index in [0.29, 0.717) is 38.6 Å². The number of ether oxygens (including phenoxy) is 1. The van der Waals surface area contributed by atoms with E-state index in [9.17, 15) is 9.59 Å². The Hall–Kier alpha value is -1.93. The zero-order valence-corrected chi connectivity index (χ0v) is 17.8. The second-order valence-electron chi connectivity index (χ2n) is 9.38. The summed E-state index contributed by atoms with van der Waals surface area (Å²) in [5.41, 5.74) is 0.891. The third kappa shape index (κ3) is 3.75. The maximum atomic E-state index is 13.7. The van der Waals surface area contributed by atoms with Gasteiger partial charge in [0.15, 0.2) is 5.76 Å². The van der Waals surface area contributed by atoms with Gasteiger partial charge in [-0.1, -0.05) is 5.16 Å². The van der Waals surface area contributed by atoms with Crippen molar-refractivity contribution in [2.24, 2.45) is 11.8 Å². The standard InChI is InChI=1S/C22H32N4O4/c1-15-10-18(30-23-15)14-24-12-16-11-17(13-24)21(26-19(16)4-2-5-20(26)27)22(28)25-6-3-8-29-9-7-25/h10,16-17,19,21H,2-9,11-14H2,1H3/t16-,17+,19-,21+/m0/s1. The van der Waals surface area contributed by atoms with Crippen LogP contribution in [0.4, 0.5) is 0 Å². The lowest BCUT2D eigenvalue weighted by Gasteiger charge is -2.56. The molecular formula is C22H32N4O4. The molecule has 4 saturated heterocycles. The molecule has 4 atom stereocenters. The fraction of sp³-hybridized carbons (Fsp3) is 0.773. The van der Waals surface area contributed by atoms with Crippen molar-refractivity contribution in [3.05, 3.63) is 17.5 Å². The minimum absolute atomic E-state index is 0.126. The summed E-state index contributed by atoms with van der Waals surface area (Å²) in [5.74, 6) is 1.76. The van der Waals surface area contributed by atoms with Crippen molar-refractivity contribution in [1.29, 1.82) is 0 Å². The zero-order valence-electron chi connectivity index (χ0n) is 17.8. The molecule has 5 heterocycles. The van der Waals surface area contributed by atoms with Gasteiger partial charge < -0.3 is 19.1 Å². The van der Waals surface area contributed by atoms with E-state index in [1.54, 1.807) is 0 Å². The summed E-state index contributed by atoms with van der Waals surface area (Å²) in [5, 5.41) is 4.02. The quantitative estimate of drug-likeness (QED) is 0.742. The molecule has 0 N–H and O–H groups in total. The molecule has 8 heteroatoms. The molecule has 0 aliphatic carbocycles. The first-order valence-electron chi connectivity index (χ1n) is 11.4. The second kappa shape index (κ2) is 8.30. The summed E-state index contributed by atoms with van der Waals surface area (Å²) in [4.78, 5) is 33.0. The maximum Gasteiger partial charge on any atom is 0.245 e. The third-order valence-corrected chi connectivity index (χ3v) is 7.26. The molecule has 0 radical (unpaired) electrons. The van der Waals surface area contributed by atoms with Gasteiger partial charge in [0.05, 0.1) is 18.8 Å². The van der Waals surface area contributed by atoms with Gasteiger partial charge in [0.2, 0.25) is 11.8 Å². The van der Waals surface area contributed by atoms with Gasteiger partial charge in [0.25, 0.3) is 0 Å². The molecule has 5 rings (SSSR count). The summed E-state index contributed by atoms with van der Waals surface area (Å²) >= 11 is 0. The Balaban J connectivity index is 1.40. The lowest BCUT2D eigenvalue weighted by atomic mass is 9.71. The Labute approximate surface area is 177 Å². The van der Waals surface area contributed by atoms with E-state index in [-0.39, 0.29) is 29.8 Å². The fourth-order valence-corrected chi connectivity index (χ4v) is 6.06. The normalized spacial score (nSPS) is 32.6. The van der Waals surface area contributed by atoms with E-state index >= 15 is 0 Å². The summed E-state index contributed by atoms with van der Waals surface area (Å²) in [7, 11) is 0. The fourth-order valence-electron chi connectivity index (χ4n) is 6.06. The van der Waals surface area contributed by atoms with Gasteiger partial charge in [-0.3, -0.25) is 14.5 Å². The number of nitrogens with zero attached hydrogens (tertiary/aromatic N) is 4. The van der Waals surface area contributed by atoms with Crippen molar-refractivity contribution in [2.75, 3.05) is 39.4 Å². The van der Waals surface area contributed by atoms with E-state index in [2.05, 4.69) is 10.1 Å². The van der Waals surface area contributed by atoms with Crippen molar-refractivity contribution in [3.63, 3.8) is 0 Å². The highest BCUT2D eigenvalue weighted by molar-refractivity contribution is 5.89. The summed E-state index contributed by atoms with van der Waals surface area (Å²) in [6.07, 6.45) is 4.40. The highest BCUT2D eigenvalue weighted by atomic mass is 16.5. The number of hydrogen-bond donors (Lipinski definition) is 0. The van der Waals surface area contributed by atoms with Crippen molar-refractivity contribution >= 4 is 11.8 Å². The van der Waals surface area contributed by atoms with Crippen molar-refractivity contribution in [2.45, 2.75) is 57.7 Å². The van der Waals surface area contributed by atoms with Crippen molar-refractivity contribution in [3.8, 4) is 0 Å². The van der Waals surface area contributed by atoms with Gasteiger partial charge in [-0.05, 0) is 38.5 Å². The van der Waals surface area contributed by atoms with Crippen molar-refractivity contribution < 1.29 is 18.8 Å². The first-order valence-corrected chi connectivity index (χ1v) is 11.4. The lowest BCUT2D eigenvalue weighted by molar-refractivity contribution is -0.165. The molecular weight excluding hydrogens is 384 g/mol. The van der Waals surface area contributed by atoms with E-state index in [0.717, 1.165) is 56.8 Å². The molecule has 2 bridgehead atoms. The number of hydrogen-bond acceptors (Lipinski definition) is 6. The molecule has 0 unspecified atom stereocenters. The number of likely N-dealkylation sites (tertiary alicyclic amines) is 1. The molecule has 0 aromatic carbocycles. The molecule has 2 amide bonds. The van der Waals surface area contributed by atoms with Gasteiger partial charge in [0.1, 0.15) is 6.04 Å². The molecule has 8 nitrogen and oxygen atoms in total. The number of aromatic nitrogens is 1. The smallest absolute Gasteiger partial charge is 0.245 e. The Bertz CT molecular complexity index is 788. The van der Waals surface area contributed by atoms with E-state index in [4.69, 9.17) is 9.26 Å². The Morgan fingerprint density at radius 1 is 1.20 bits per heavy atom. The zero-order chi connectivity index (χ0) is 20.7. The largest absolute Gasteiger partial charge is 0.380 e. The number of amides is 2. The minimum atomic E-state index is -0.337. The molecule has 164 valence electrons. The molecule has 4 aliphatic rings. The number of rotatable bonds is 3. The van der Waals surface area contributed by atoms with Gasteiger partial charge >= 0.3 is 0 Å². The number of piperidine rings is 3. The van der Waals surface area contributed by atoms with Crippen LogP contribution in [0.25, 0.3) is 0 Å². The third-order valence-electron chi connectivity index (χ3n) is 7.26. The SMILES string of the molecule is Cc1cc(CN2C[C@@H]3C[C@H](C2)[C@H](C(=O)N2CCCOCC2)N2C(=O)CCC[C@@H]32)on1. The molecule has 0 spiro atoms. The predicted molar refractivity (Wildman–Crippen MR) is 108 cm³/mol. The van der Waals surface area contributed by atoms with Gasteiger partial charge in [-0.25, -0.2) is 0 Å². The first kappa shape index (κ1) is 20.0. The van der Waals surface area contributed by atoms with Gasteiger partial charge in [-0.15, -0.1) is 0 Å². The summed E-state index contributed by atoms with van der Waals surface area (Å²) in [6.45, 7) is 7.04. The van der Waals surface area contributed by atoms with Crippen LogP contribution in [-0.2, 0) is 20.9 Å². The maximum absolute atomic E-state index is 13.7. The average molecular weight is 417 g/mol. The Morgan fingerprint density at radius 3 is 2.90 bits per heavy atom. The van der Waals surface area contributed by atoms with E-state index < -0.39 is 0 Å². The summed E-state index contributed by atoms with van der Waals surface area (Å²) in [6, 6.07) is 1.83. The molecule has 30 heavy (non-hydrogen) atoms. The Kier molecular flexibility index (Phi) is 5.54. The van der Waals surface area contributed by atoms with Crippen LogP contribution >= 0.6 is 0 Å². The highest BCUT2D eigenvalue weighted by Crippen LogP contribution is 2.42. The minimum Gasteiger partial charge on any atom is -0.380 e. The monoisotopic (exact) mass is 416 g/mol. The van der Waals surface area contributed by atoms with Crippen LogP contribution in [0.15, 0.2) is 10.6 Å². The summed E-state index contributed by atoms with van der Waals surface area (Å²) < 4.78 is 11.0. The number of fused-ring (bicyclic) bond motifs is 4. The van der Waals surface area contributed by atoms with Crippen LogP contribution in [0.3, 0.4) is 0 Å². The average Bonchev–Trinajstić information content (AvgIpc) is 2.97.